The topological polar surface area (TPSA) is 78.9 Å². The molecule has 0 unspecified atom stereocenters. The van der Waals surface area contributed by atoms with Crippen molar-refractivity contribution in [2.75, 3.05) is 0 Å². The van der Waals surface area contributed by atoms with Crippen molar-refractivity contribution in [2.24, 2.45) is 0 Å². The van der Waals surface area contributed by atoms with E-state index in [9.17, 15) is 14.4 Å². The van der Waals surface area contributed by atoms with Crippen LogP contribution >= 0.6 is 0 Å². The zero-order valence-electron chi connectivity index (χ0n) is 9.53. The van der Waals surface area contributed by atoms with E-state index in [1.807, 2.05) is 0 Å². The molecule has 0 aliphatic rings. The molecule has 0 rings (SSSR count). The first-order valence-electron chi connectivity index (χ1n) is 3.43. The molecule has 0 amide bonds. The van der Waals surface area contributed by atoms with Gasteiger partial charge in [0, 0.05) is 20.8 Å². The van der Waals surface area contributed by atoms with Crippen LogP contribution < -0.4 is 29.6 Å². The molecule has 0 N–H and O–H groups in total. The van der Waals surface area contributed by atoms with Crippen LogP contribution in [0.3, 0.4) is 0 Å². The maximum absolute atomic E-state index is 10.4. The minimum atomic E-state index is -1.59. The van der Waals surface area contributed by atoms with E-state index in [1.54, 1.807) is 0 Å². The molecule has 0 spiro atoms. The van der Waals surface area contributed by atoms with Crippen molar-refractivity contribution in [3.8, 4) is 0 Å². The Kier molecular flexibility index (Phi) is 8.92. The molecule has 8 heteroatoms. The van der Waals surface area contributed by atoms with Crippen molar-refractivity contribution in [2.45, 2.75) is 20.8 Å². The van der Waals surface area contributed by atoms with Crippen LogP contribution in [-0.2, 0) is 28.3 Å². The van der Waals surface area contributed by atoms with Crippen LogP contribution in [-0.4, -0.2) is 25.2 Å². The summed E-state index contributed by atoms with van der Waals surface area (Å²) in [6, 6.07) is 0. The zero-order chi connectivity index (χ0) is 10.4. The van der Waals surface area contributed by atoms with Crippen LogP contribution in [0.1, 0.15) is 22.2 Å². The SMILES string of the molecule is CC(=O)OB(OC(C)=O)OC(C)=O.[H-].[Na+]. The maximum atomic E-state index is 10.4. The van der Waals surface area contributed by atoms with Gasteiger partial charge in [0.15, 0.2) is 0 Å². The quantitative estimate of drug-likeness (QED) is 0.458. The molecule has 0 saturated carbocycles. The smallest absolute Gasteiger partial charge is 1.00 e. The summed E-state index contributed by atoms with van der Waals surface area (Å²) in [4.78, 5) is 31.2. The number of rotatable bonds is 3. The Hall–Kier alpha value is -0.525. The third-order valence-corrected chi connectivity index (χ3v) is 0.787. The first-order valence-corrected chi connectivity index (χ1v) is 3.43. The molecule has 14 heavy (non-hydrogen) atoms. The second-order valence-electron chi connectivity index (χ2n) is 2.12. The summed E-state index contributed by atoms with van der Waals surface area (Å²) in [6.45, 7) is 3.29. The van der Waals surface area contributed by atoms with Gasteiger partial charge in [0.2, 0.25) is 0 Å². The average Bonchev–Trinajstić information content (AvgIpc) is 1.80. The Balaban J connectivity index is -0.000000720. The Morgan fingerprint density at radius 2 is 1.07 bits per heavy atom. The molecule has 0 fully saturated rings. The third kappa shape index (κ3) is 9.56. The summed E-state index contributed by atoms with van der Waals surface area (Å²) in [5, 5.41) is 0. The van der Waals surface area contributed by atoms with Crippen molar-refractivity contribution in [1.82, 2.24) is 0 Å². The van der Waals surface area contributed by atoms with Crippen LogP contribution in [0.2, 0.25) is 0 Å². The Bertz CT molecular complexity index is 198. The fourth-order valence-electron chi connectivity index (χ4n) is 0.479. The molecule has 0 aliphatic heterocycles. The van der Waals surface area contributed by atoms with Gasteiger partial charge in [-0.3, -0.25) is 14.4 Å². The molecule has 74 valence electrons. The van der Waals surface area contributed by atoms with Gasteiger partial charge >= 0.3 is 36.9 Å². The van der Waals surface area contributed by atoms with E-state index in [0.717, 1.165) is 20.8 Å². The predicted octanol–water partition coefficient (Wildman–Crippen LogP) is -3.22. The molecule has 0 heterocycles. The van der Waals surface area contributed by atoms with E-state index in [2.05, 4.69) is 14.0 Å². The minimum absolute atomic E-state index is 0. The molecule has 0 radical (unpaired) electrons. The Morgan fingerprint density at radius 1 is 0.857 bits per heavy atom. The van der Waals surface area contributed by atoms with E-state index in [1.165, 1.54) is 0 Å². The monoisotopic (exact) mass is 212 g/mol. The zero-order valence-corrected chi connectivity index (χ0v) is 10.5. The normalized spacial score (nSPS) is 7.93. The van der Waals surface area contributed by atoms with Gasteiger partial charge in [-0.1, -0.05) is 0 Å². The first-order chi connectivity index (χ1) is 5.91. The van der Waals surface area contributed by atoms with Gasteiger partial charge in [-0.2, -0.15) is 0 Å². The Labute approximate surface area is 105 Å². The molecule has 6 nitrogen and oxygen atoms in total. The van der Waals surface area contributed by atoms with E-state index in [-0.39, 0.29) is 31.0 Å². The summed E-state index contributed by atoms with van der Waals surface area (Å²) in [6.07, 6.45) is 0. The average molecular weight is 212 g/mol. The van der Waals surface area contributed by atoms with Gasteiger partial charge in [0.05, 0.1) is 0 Å². The summed E-state index contributed by atoms with van der Waals surface area (Å²) in [5.41, 5.74) is 0. The fraction of sp³-hybridized carbons (Fsp3) is 0.500. The van der Waals surface area contributed by atoms with Crippen LogP contribution in [0.5, 0.6) is 0 Å². The molecule has 0 bridgehead atoms. The van der Waals surface area contributed by atoms with Gasteiger partial charge in [0.25, 0.3) is 17.9 Å². The predicted molar refractivity (Wildman–Crippen MR) is 42.2 cm³/mol. The summed E-state index contributed by atoms with van der Waals surface area (Å²) in [7, 11) is -1.59. The molecule has 0 saturated heterocycles. The van der Waals surface area contributed by atoms with Crippen LogP contribution in [0.15, 0.2) is 0 Å². The summed E-state index contributed by atoms with van der Waals surface area (Å²) < 4.78 is 13.0. The van der Waals surface area contributed by atoms with Crippen molar-refractivity contribution in [1.29, 1.82) is 0 Å². The van der Waals surface area contributed by atoms with Crippen molar-refractivity contribution < 1.29 is 59.3 Å². The third-order valence-electron chi connectivity index (χ3n) is 0.787. The van der Waals surface area contributed by atoms with Gasteiger partial charge in [-0.05, 0) is 0 Å². The maximum Gasteiger partial charge on any atom is 1.00 e. The molecule has 0 aromatic rings. The summed E-state index contributed by atoms with van der Waals surface area (Å²) >= 11 is 0. The fourth-order valence-corrected chi connectivity index (χ4v) is 0.479. The Morgan fingerprint density at radius 3 is 1.21 bits per heavy atom. The molecular formula is C6H10BNaO6. The minimum Gasteiger partial charge on any atom is -1.00 e. The second-order valence-corrected chi connectivity index (χ2v) is 2.12. The number of carbonyl (C=O) groups is 3. The molecule has 0 aromatic heterocycles. The second kappa shape index (κ2) is 7.84. The van der Waals surface area contributed by atoms with Crippen molar-refractivity contribution in [3.05, 3.63) is 0 Å². The van der Waals surface area contributed by atoms with Crippen molar-refractivity contribution in [3.63, 3.8) is 0 Å². The van der Waals surface area contributed by atoms with Crippen molar-refractivity contribution >= 4 is 25.2 Å². The van der Waals surface area contributed by atoms with Crippen LogP contribution in [0.25, 0.3) is 0 Å². The largest absolute Gasteiger partial charge is 1.00 e. The standard InChI is InChI=1S/C6H9BO6.Na.H/c1-4(8)11-7(12-5(2)9)13-6(3)10;;/h1-3H3;;/q;+1;-1. The van der Waals surface area contributed by atoms with Gasteiger partial charge in [-0.15, -0.1) is 0 Å². The van der Waals surface area contributed by atoms with Crippen LogP contribution in [0, 0.1) is 0 Å². The van der Waals surface area contributed by atoms with E-state index < -0.39 is 25.2 Å². The van der Waals surface area contributed by atoms with E-state index in [0.29, 0.717) is 0 Å². The first kappa shape index (κ1) is 15.9. The molecular weight excluding hydrogens is 202 g/mol. The number of carbonyl (C=O) groups excluding carboxylic acids is 3. The van der Waals surface area contributed by atoms with E-state index in [4.69, 9.17) is 0 Å². The van der Waals surface area contributed by atoms with Crippen LogP contribution in [0.4, 0.5) is 0 Å². The number of hydrogen-bond donors (Lipinski definition) is 0. The molecule has 0 aliphatic carbocycles. The van der Waals surface area contributed by atoms with Gasteiger partial charge < -0.3 is 15.4 Å². The molecule has 0 atom stereocenters. The van der Waals surface area contributed by atoms with Gasteiger partial charge in [0.1, 0.15) is 0 Å². The molecule has 0 aromatic carbocycles. The summed E-state index contributed by atoms with van der Waals surface area (Å²) in [5.74, 6) is -2.15. The number of hydrogen-bond acceptors (Lipinski definition) is 6. The van der Waals surface area contributed by atoms with E-state index >= 15 is 0 Å². The van der Waals surface area contributed by atoms with Gasteiger partial charge in [-0.25, -0.2) is 0 Å².